The van der Waals surface area contributed by atoms with Gasteiger partial charge in [-0.25, -0.2) is 9.59 Å². The van der Waals surface area contributed by atoms with Crippen LogP contribution in [0.25, 0.3) is 11.1 Å². The van der Waals surface area contributed by atoms with Crippen LogP contribution in [0.2, 0.25) is 0 Å². The topological polar surface area (TPSA) is 97.5 Å². The molecule has 8 heteroatoms. The van der Waals surface area contributed by atoms with Crippen LogP contribution in [0.5, 0.6) is 5.75 Å². The molecule has 2 atom stereocenters. The summed E-state index contributed by atoms with van der Waals surface area (Å²) in [5.74, 6) is 0.450. The quantitative estimate of drug-likeness (QED) is 0.697. The molecule has 1 saturated heterocycles. The van der Waals surface area contributed by atoms with E-state index in [1.54, 1.807) is 11.1 Å². The second-order valence-corrected chi connectivity index (χ2v) is 8.11. The number of nitrogens with zero attached hydrogens (tertiary/aromatic N) is 4. The van der Waals surface area contributed by atoms with Crippen LogP contribution in [-0.4, -0.2) is 56.0 Å². The number of benzene rings is 1. The van der Waals surface area contributed by atoms with Gasteiger partial charge in [-0.05, 0) is 42.9 Å². The summed E-state index contributed by atoms with van der Waals surface area (Å²) < 4.78 is 7.51. The zero-order valence-corrected chi connectivity index (χ0v) is 16.8. The van der Waals surface area contributed by atoms with Gasteiger partial charge in [-0.1, -0.05) is 24.3 Å². The fraction of sp³-hybridized carbons (Fsp3) is 0.304. The molecule has 1 aromatic carbocycles. The van der Waals surface area contributed by atoms with E-state index in [4.69, 9.17) is 9.84 Å². The molecular formula is C23H22N4O4. The lowest BCUT2D eigenvalue weighted by Gasteiger charge is -2.21. The van der Waals surface area contributed by atoms with E-state index < -0.39 is 5.97 Å². The van der Waals surface area contributed by atoms with Gasteiger partial charge in [-0.2, -0.15) is 9.78 Å². The zero-order valence-electron chi connectivity index (χ0n) is 16.8. The largest absolute Gasteiger partial charge is 0.490 e. The minimum absolute atomic E-state index is 0.105. The van der Waals surface area contributed by atoms with E-state index in [2.05, 4.69) is 10.1 Å². The number of carbonyl (C=O) groups excluding carboxylic acids is 1. The van der Waals surface area contributed by atoms with Gasteiger partial charge in [0.1, 0.15) is 5.75 Å². The van der Waals surface area contributed by atoms with E-state index in [9.17, 15) is 9.59 Å². The van der Waals surface area contributed by atoms with Gasteiger partial charge < -0.3 is 14.7 Å². The SMILES string of the molecule is O=C(O)c1ccn(C(=O)N2CC3CC(Oc4ccccc4-c4cccnc4)CC3C2)n1. The number of aromatic nitrogens is 3. The molecule has 5 rings (SSSR count). The van der Waals surface area contributed by atoms with Crippen molar-refractivity contribution in [3.8, 4) is 16.9 Å². The van der Waals surface area contributed by atoms with Gasteiger partial charge in [0.05, 0.1) is 6.10 Å². The molecule has 1 aliphatic heterocycles. The number of likely N-dealkylation sites (tertiary alicyclic amines) is 1. The first-order valence-electron chi connectivity index (χ1n) is 10.3. The fourth-order valence-corrected chi connectivity index (χ4v) is 4.70. The maximum absolute atomic E-state index is 12.7. The summed E-state index contributed by atoms with van der Waals surface area (Å²) >= 11 is 0. The molecule has 1 saturated carbocycles. The summed E-state index contributed by atoms with van der Waals surface area (Å²) in [4.78, 5) is 29.7. The molecule has 2 aliphatic rings. The average molecular weight is 418 g/mol. The number of pyridine rings is 1. The van der Waals surface area contributed by atoms with Crippen molar-refractivity contribution in [3.05, 3.63) is 66.7 Å². The average Bonchev–Trinajstić information content (AvgIpc) is 3.49. The van der Waals surface area contributed by atoms with Gasteiger partial charge in [-0.3, -0.25) is 4.98 Å². The standard InChI is InChI=1S/C23H22N4O4/c28-22(29)20-7-9-27(25-20)23(30)26-13-16-10-18(11-17(16)14-26)31-21-6-2-1-5-19(21)15-4-3-8-24-12-15/h1-9,12,16-18H,10-11,13-14H2,(H,28,29). The third-order valence-corrected chi connectivity index (χ3v) is 6.14. The van der Waals surface area contributed by atoms with Crippen molar-refractivity contribution in [1.29, 1.82) is 0 Å². The predicted octanol–water partition coefficient (Wildman–Crippen LogP) is 3.40. The Bertz CT molecular complexity index is 1100. The maximum atomic E-state index is 12.7. The Balaban J connectivity index is 1.23. The molecule has 158 valence electrons. The second-order valence-electron chi connectivity index (χ2n) is 8.11. The number of para-hydroxylation sites is 1. The van der Waals surface area contributed by atoms with Crippen molar-refractivity contribution in [3.63, 3.8) is 0 Å². The summed E-state index contributed by atoms with van der Waals surface area (Å²) in [7, 11) is 0. The number of ether oxygens (including phenoxy) is 1. The highest BCUT2D eigenvalue weighted by Crippen LogP contribution is 2.41. The first kappa shape index (κ1) is 19.3. The molecule has 1 amide bonds. The Morgan fingerprint density at radius 2 is 1.81 bits per heavy atom. The predicted molar refractivity (Wildman–Crippen MR) is 112 cm³/mol. The molecule has 3 heterocycles. The summed E-state index contributed by atoms with van der Waals surface area (Å²) in [5, 5.41) is 12.9. The molecule has 3 aromatic rings. The van der Waals surface area contributed by atoms with Gasteiger partial charge in [0, 0.05) is 42.8 Å². The van der Waals surface area contributed by atoms with Crippen LogP contribution in [-0.2, 0) is 0 Å². The third kappa shape index (κ3) is 3.76. The van der Waals surface area contributed by atoms with E-state index >= 15 is 0 Å². The number of carboxylic acids is 1. The van der Waals surface area contributed by atoms with Crippen molar-refractivity contribution < 1.29 is 19.4 Å². The van der Waals surface area contributed by atoms with Crippen LogP contribution in [0.3, 0.4) is 0 Å². The highest BCUT2D eigenvalue weighted by molar-refractivity contribution is 5.86. The van der Waals surface area contributed by atoms with Crippen LogP contribution >= 0.6 is 0 Å². The monoisotopic (exact) mass is 418 g/mol. The van der Waals surface area contributed by atoms with Gasteiger partial charge in [0.15, 0.2) is 5.69 Å². The highest BCUT2D eigenvalue weighted by Gasteiger charge is 2.43. The van der Waals surface area contributed by atoms with Crippen molar-refractivity contribution in [2.24, 2.45) is 11.8 Å². The van der Waals surface area contributed by atoms with E-state index in [1.165, 1.54) is 12.3 Å². The molecular weight excluding hydrogens is 396 g/mol. The van der Waals surface area contributed by atoms with Crippen LogP contribution in [0.4, 0.5) is 4.79 Å². The number of amides is 1. The number of carbonyl (C=O) groups is 2. The maximum Gasteiger partial charge on any atom is 0.356 e. The van der Waals surface area contributed by atoms with Crippen LogP contribution < -0.4 is 4.74 Å². The Morgan fingerprint density at radius 1 is 1.03 bits per heavy atom. The summed E-state index contributed by atoms with van der Waals surface area (Å²) in [6.07, 6.45) is 6.86. The molecule has 2 unspecified atom stereocenters. The van der Waals surface area contributed by atoms with E-state index in [0.29, 0.717) is 24.9 Å². The summed E-state index contributed by atoms with van der Waals surface area (Å²) in [5.41, 5.74) is 1.92. The van der Waals surface area contributed by atoms with Crippen LogP contribution in [0.1, 0.15) is 23.3 Å². The second kappa shape index (κ2) is 7.86. The lowest BCUT2D eigenvalue weighted by atomic mass is 10.0. The van der Waals surface area contributed by atoms with Gasteiger partial charge in [-0.15, -0.1) is 0 Å². The third-order valence-electron chi connectivity index (χ3n) is 6.14. The van der Waals surface area contributed by atoms with Gasteiger partial charge in [0.25, 0.3) is 0 Å². The number of hydrogen-bond donors (Lipinski definition) is 1. The first-order chi connectivity index (χ1) is 15.1. The highest BCUT2D eigenvalue weighted by atomic mass is 16.5. The molecule has 31 heavy (non-hydrogen) atoms. The lowest BCUT2D eigenvalue weighted by Crippen LogP contribution is -2.34. The molecule has 0 spiro atoms. The van der Waals surface area contributed by atoms with Crippen molar-refractivity contribution in [2.75, 3.05) is 13.1 Å². The molecule has 0 bridgehead atoms. The Labute approximate surface area is 179 Å². The number of aromatic carboxylic acids is 1. The molecule has 2 fully saturated rings. The summed E-state index contributed by atoms with van der Waals surface area (Å²) in [6, 6.07) is 13.0. The first-order valence-corrected chi connectivity index (χ1v) is 10.3. The lowest BCUT2D eigenvalue weighted by molar-refractivity contribution is 0.0690. The van der Waals surface area contributed by atoms with Crippen LogP contribution in [0.15, 0.2) is 61.1 Å². The Morgan fingerprint density at radius 3 is 2.48 bits per heavy atom. The number of rotatable bonds is 4. The Hall–Kier alpha value is -3.68. The van der Waals surface area contributed by atoms with E-state index in [0.717, 1.165) is 34.4 Å². The van der Waals surface area contributed by atoms with Crippen molar-refractivity contribution in [2.45, 2.75) is 18.9 Å². The number of fused-ring (bicyclic) bond motifs is 1. The normalized spacial score (nSPS) is 22.3. The number of carboxylic acid groups (broad SMARTS) is 1. The number of hydrogen-bond acceptors (Lipinski definition) is 5. The summed E-state index contributed by atoms with van der Waals surface area (Å²) in [6.45, 7) is 1.27. The smallest absolute Gasteiger partial charge is 0.356 e. The molecule has 0 radical (unpaired) electrons. The van der Waals surface area contributed by atoms with E-state index in [1.807, 2.05) is 42.6 Å². The fourth-order valence-electron chi connectivity index (χ4n) is 4.70. The molecule has 2 aromatic heterocycles. The van der Waals surface area contributed by atoms with Gasteiger partial charge in [0.2, 0.25) is 0 Å². The zero-order chi connectivity index (χ0) is 21.4. The van der Waals surface area contributed by atoms with Gasteiger partial charge >= 0.3 is 12.0 Å². The Kier molecular flexibility index (Phi) is 4.89. The van der Waals surface area contributed by atoms with E-state index in [-0.39, 0.29) is 17.8 Å². The minimum Gasteiger partial charge on any atom is -0.490 e. The van der Waals surface area contributed by atoms with Crippen molar-refractivity contribution >= 4 is 12.0 Å². The minimum atomic E-state index is -1.14. The van der Waals surface area contributed by atoms with Crippen LogP contribution in [0, 0.1) is 11.8 Å². The molecule has 1 N–H and O–H groups in total. The molecule has 8 nitrogen and oxygen atoms in total. The van der Waals surface area contributed by atoms with Crippen molar-refractivity contribution in [1.82, 2.24) is 19.7 Å². The molecule has 1 aliphatic carbocycles.